The van der Waals surface area contributed by atoms with Gasteiger partial charge in [-0.15, -0.1) is 5.10 Å². The van der Waals surface area contributed by atoms with Crippen LogP contribution in [0.5, 0.6) is 0 Å². The zero-order valence-corrected chi connectivity index (χ0v) is 18.6. The van der Waals surface area contributed by atoms with Gasteiger partial charge in [-0.1, -0.05) is 24.5 Å². The van der Waals surface area contributed by atoms with Gasteiger partial charge in [0.15, 0.2) is 5.69 Å². The lowest BCUT2D eigenvalue weighted by Gasteiger charge is -2.31. The molecule has 1 amide bonds. The third-order valence-electron chi connectivity index (χ3n) is 5.62. The molecule has 1 aliphatic carbocycles. The number of nitrogen functional groups attached to an aromatic ring is 1. The second-order valence-corrected chi connectivity index (χ2v) is 8.08. The summed E-state index contributed by atoms with van der Waals surface area (Å²) < 4.78 is 11.4. The van der Waals surface area contributed by atoms with E-state index in [1.54, 1.807) is 18.4 Å². The Morgan fingerprint density at radius 3 is 2.88 bits per heavy atom. The number of nitrogens with zero attached hydrogens (tertiary/aromatic N) is 7. The molecule has 0 atom stereocenters. The number of rotatable bonds is 8. The van der Waals surface area contributed by atoms with Gasteiger partial charge in [0, 0.05) is 12.6 Å². The fourth-order valence-corrected chi connectivity index (χ4v) is 3.90. The molecule has 12 nitrogen and oxygen atoms in total. The minimum atomic E-state index is -0.495. The third-order valence-corrected chi connectivity index (χ3v) is 5.62. The van der Waals surface area contributed by atoms with E-state index in [1.165, 1.54) is 30.2 Å². The summed E-state index contributed by atoms with van der Waals surface area (Å²) in [6.07, 6.45) is 10.8. The zero-order chi connectivity index (χ0) is 23.2. The molecule has 4 rings (SSSR count). The molecule has 0 unspecified atom stereocenters. The van der Waals surface area contributed by atoms with Crippen LogP contribution >= 0.6 is 0 Å². The molecule has 1 saturated carbocycles. The van der Waals surface area contributed by atoms with E-state index in [1.807, 2.05) is 20.0 Å². The molecule has 0 bridgehead atoms. The SMILES string of the molecule is CC(/C=N/NC(=O)c1nnn(-c2nonc2N)c1CN(C)C1CCCCC1)=C\c1ccco1. The first-order chi connectivity index (χ1) is 16.0. The Morgan fingerprint density at radius 1 is 1.36 bits per heavy atom. The van der Waals surface area contributed by atoms with Crippen LogP contribution in [0.3, 0.4) is 0 Å². The number of hydrazone groups is 1. The molecule has 0 saturated heterocycles. The average molecular weight is 454 g/mol. The van der Waals surface area contributed by atoms with E-state index in [2.05, 4.69) is 36.1 Å². The molecule has 3 heterocycles. The Balaban J connectivity index is 1.54. The first-order valence-electron chi connectivity index (χ1n) is 10.8. The molecule has 3 aromatic heterocycles. The number of nitrogens with one attached hydrogen (secondary N) is 1. The maximum Gasteiger partial charge on any atom is 0.293 e. The van der Waals surface area contributed by atoms with Crippen LogP contribution in [-0.4, -0.2) is 55.4 Å². The fourth-order valence-electron chi connectivity index (χ4n) is 3.90. The molecule has 1 aliphatic rings. The number of hydrogen-bond acceptors (Lipinski definition) is 10. The van der Waals surface area contributed by atoms with Crippen molar-refractivity contribution in [1.29, 1.82) is 0 Å². The number of nitrogens with two attached hydrogens (primary N) is 1. The van der Waals surface area contributed by atoms with Crippen molar-refractivity contribution in [2.24, 2.45) is 5.10 Å². The summed E-state index contributed by atoms with van der Waals surface area (Å²) in [5, 5.41) is 19.6. The second-order valence-electron chi connectivity index (χ2n) is 8.08. The van der Waals surface area contributed by atoms with Crippen molar-refractivity contribution in [3.8, 4) is 5.82 Å². The Labute approximate surface area is 190 Å². The van der Waals surface area contributed by atoms with Crippen LogP contribution in [0, 0.1) is 0 Å². The summed E-state index contributed by atoms with van der Waals surface area (Å²) in [5.74, 6) is 0.449. The van der Waals surface area contributed by atoms with Gasteiger partial charge < -0.3 is 10.2 Å². The van der Waals surface area contributed by atoms with Crippen molar-refractivity contribution in [3.63, 3.8) is 0 Å². The van der Waals surface area contributed by atoms with Crippen molar-refractivity contribution in [3.05, 3.63) is 41.1 Å². The highest BCUT2D eigenvalue weighted by molar-refractivity contribution is 5.94. The Kier molecular flexibility index (Phi) is 6.93. The topological polar surface area (TPSA) is 153 Å². The number of allylic oxidation sites excluding steroid dienone is 1. The summed E-state index contributed by atoms with van der Waals surface area (Å²) in [4.78, 5) is 15.1. The standard InChI is InChI=1S/C21H27N9O3/c1-14(11-16-9-6-10-32-16)12-23-25-21(31)18-17(13-29(2)15-7-4-3-5-8-15)30(28-24-18)20-19(22)26-33-27-20/h6,9-12,15H,3-5,7-8,13H2,1-2H3,(H2,22,26)(H,25,31)/b14-11+,23-12+. The number of carbonyl (C=O) groups excluding carboxylic acids is 1. The van der Waals surface area contributed by atoms with Gasteiger partial charge in [0.05, 0.1) is 18.2 Å². The van der Waals surface area contributed by atoms with Gasteiger partial charge in [-0.2, -0.15) is 9.78 Å². The van der Waals surface area contributed by atoms with Crippen LogP contribution in [-0.2, 0) is 6.54 Å². The summed E-state index contributed by atoms with van der Waals surface area (Å²) in [7, 11) is 2.03. The number of anilines is 1. The minimum Gasteiger partial charge on any atom is -0.465 e. The minimum absolute atomic E-state index is 0.0603. The van der Waals surface area contributed by atoms with Crippen molar-refractivity contribution >= 4 is 24.0 Å². The van der Waals surface area contributed by atoms with Gasteiger partial charge in [0.1, 0.15) is 5.76 Å². The molecule has 33 heavy (non-hydrogen) atoms. The Morgan fingerprint density at radius 2 is 2.18 bits per heavy atom. The highest BCUT2D eigenvalue weighted by atomic mass is 16.6. The zero-order valence-electron chi connectivity index (χ0n) is 18.6. The van der Waals surface area contributed by atoms with Gasteiger partial charge in [-0.3, -0.25) is 9.69 Å². The van der Waals surface area contributed by atoms with E-state index in [4.69, 9.17) is 14.8 Å². The monoisotopic (exact) mass is 453 g/mol. The van der Waals surface area contributed by atoms with Crippen LogP contribution in [0.4, 0.5) is 5.82 Å². The molecule has 0 aliphatic heterocycles. The predicted molar refractivity (Wildman–Crippen MR) is 120 cm³/mol. The second kappa shape index (κ2) is 10.2. The van der Waals surface area contributed by atoms with Gasteiger partial charge in [0.2, 0.25) is 11.6 Å². The molecule has 3 N–H and O–H groups in total. The van der Waals surface area contributed by atoms with Crippen molar-refractivity contribution in [1.82, 2.24) is 35.6 Å². The number of furan rings is 1. The van der Waals surface area contributed by atoms with E-state index in [0.29, 0.717) is 24.0 Å². The largest absolute Gasteiger partial charge is 0.465 e. The molecule has 0 radical (unpaired) electrons. The average Bonchev–Trinajstić information content (AvgIpc) is 3.56. The summed E-state index contributed by atoms with van der Waals surface area (Å²) in [6.45, 7) is 2.27. The third kappa shape index (κ3) is 5.34. The normalized spacial score (nSPS) is 15.5. The number of hydrogen-bond donors (Lipinski definition) is 2. The quantitative estimate of drug-likeness (QED) is 0.386. The summed E-state index contributed by atoms with van der Waals surface area (Å²) in [5.41, 5.74) is 9.83. The van der Waals surface area contributed by atoms with E-state index in [0.717, 1.165) is 18.4 Å². The van der Waals surface area contributed by atoms with E-state index in [-0.39, 0.29) is 17.3 Å². The van der Waals surface area contributed by atoms with Gasteiger partial charge >= 0.3 is 0 Å². The molecule has 1 fully saturated rings. The van der Waals surface area contributed by atoms with Crippen LogP contribution < -0.4 is 11.2 Å². The molecular weight excluding hydrogens is 426 g/mol. The molecule has 3 aromatic rings. The van der Waals surface area contributed by atoms with Crippen LogP contribution in [0.1, 0.15) is 61.0 Å². The van der Waals surface area contributed by atoms with Crippen molar-refractivity contribution < 1.29 is 13.8 Å². The van der Waals surface area contributed by atoms with E-state index >= 15 is 0 Å². The van der Waals surface area contributed by atoms with E-state index in [9.17, 15) is 4.79 Å². The molecular formula is C21H27N9O3. The Hall–Kier alpha value is -3.80. The predicted octanol–water partition coefficient (Wildman–Crippen LogP) is 2.41. The van der Waals surface area contributed by atoms with Crippen LogP contribution in [0.15, 0.2) is 38.1 Å². The van der Waals surface area contributed by atoms with Crippen LogP contribution in [0.2, 0.25) is 0 Å². The summed E-state index contributed by atoms with van der Waals surface area (Å²) >= 11 is 0. The number of amides is 1. The molecule has 12 heteroatoms. The van der Waals surface area contributed by atoms with Gasteiger partial charge in [0.25, 0.3) is 5.91 Å². The Bertz CT molecular complexity index is 1120. The highest BCUT2D eigenvalue weighted by Gasteiger charge is 2.27. The fraction of sp³-hybridized carbons (Fsp3) is 0.429. The highest BCUT2D eigenvalue weighted by Crippen LogP contribution is 2.24. The lowest BCUT2D eigenvalue weighted by Crippen LogP contribution is -2.34. The van der Waals surface area contributed by atoms with Crippen LogP contribution in [0.25, 0.3) is 11.9 Å². The van der Waals surface area contributed by atoms with Gasteiger partial charge in [-0.25, -0.2) is 10.1 Å². The lowest BCUT2D eigenvalue weighted by atomic mass is 9.94. The summed E-state index contributed by atoms with van der Waals surface area (Å²) in [6, 6.07) is 4.04. The maximum atomic E-state index is 12.9. The maximum absolute atomic E-state index is 12.9. The van der Waals surface area contributed by atoms with Crippen molar-refractivity contribution in [2.45, 2.75) is 51.6 Å². The van der Waals surface area contributed by atoms with E-state index < -0.39 is 5.91 Å². The first-order valence-corrected chi connectivity index (χ1v) is 10.8. The molecule has 0 spiro atoms. The number of aromatic nitrogens is 5. The van der Waals surface area contributed by atoms with Crippen molar-refractivity contribution in [2.75, 3.05) is 12.8 Å². The molecule has 174 valence electrons. The lowest BCUT2D eigenvalue weighted by molar-refractivity contribution is 0.0947. The molecule has 0 aromatic carbocycles. The van der Waals surface area contributed by atoms with Gasteiger partial charge in [-0.05, 0) is 60.9 Å². The smallest absolute Gasteiger partial charge is 0.293 e. The first kappa shape index (κ1) is 22.4. The number of carbonyl (C=O) groups is 1.